The van der Waals surface area contributed by atoms with Gasteiger partial charge in [-0.2, -0.15) is 0 Å². The van der Waals surface area contributed by atoms with Gasteiger partial charge in [0.15, 0.2) is 0 Å². The Morgan fingerprint density at radius 3 is 2.67 bits per heavy atom. The van der Waals surface area contributed by atoms with Gasteiger partial charge in [-0.15, -0.1) is 0 Å². The third kappa shape index (κ3) is 1.84. The van der Waals surface area contributed by atoms with Crippen molar-refractivity contribution < 1.29 is 9.53 Å². The molecule has 0 saturated heterocycles. The van der Waals surface area contributed by atoms with Crippen LogP contribution in [-0.4, -0.2) is 22.6 Å². The number of methoxy groups -OCH3 is 1. The summed E-state index contributed by atoms with van der Waals surface area (Å²) >= 11 is 0. The van der Waals surface area contributed by atoms with Crippen LogP contribution in [0.25, 0.3) is 5.69 Å². The Kier molecular flexibility index (Phi) is 3.06. The van der Waals surface area contributed by atoms with Crippen molar-refractivity contribution >= 4 is 11.7 Å². The Labute approximate surface area is 105 Å². The molecule has 94 valence electrons. The van der Waals surface area contributed by atoms with Gasteiger partial charge in [0.25, 0.3) is 0 Å². The van der Waals surface area contributed by atoms with E-state index in [0.29, 0.717) is 11.3 Å². The molecule has 0 bridgehead atoms. The molecule has 0 unspecified atom stereocenters. The van der Waals surface area contributed by atoms with Crippen LogP contribution < -0.4 is 5.73 Å². The van der Waals surface area contributed by atoms with Crippen LogP contribution in [-0.2, 0) is 4.74 Å². The molecule has 0 amide bonds. The van der Waals surface area contributed by atoms with Gasteiger partial charge in [-0.25, -0.2) is 9.78 Å². The third-order valence-electron chi connectivity index (χ3n) is 3.00. The molecule has 0 aliphatic rings. The topological polar surface area (TPSA) is 70.1 Å². The number of nitrogens with zero attached hydrogens (tertiary/aromatic N) is 2. The average Bonchev–Trinajstić information content (AvgIpc) is 2.70. The number of hydrogen-bond acceptors (Lipinski definition) is 4. The van der Waals surface area contributed by atoms with E-state index < -0.39 is 5.97 Å². The Hall–Kier alpha value is -2.30. The van der Waals surface area contributed by atoms with Crippen LogP contribution >= 0.6 is 0 Å². The van der Waals surface area contributed by atoms with E-state index in [1.54, 1.807) is 18.5 Å². The van der Waals surface area contributed by atoms with Gasteiger partial charge < -0.3 is 15.0 Å². The highest BCUT2D eigenvalue weighted by atomic mass is 16.5. The number of nitrogens with two attached hydrogens (primary N) is 1. The van der Waals surface area contributed by atoms with Crippen molar-refractivity contribution in [1.82, 2.24) is 9.55 Å². The molecule has 5 nitrogen and oxygen atoms in total. The van der Waals surface area contributed by atoms with Crippen LogP contribution in [0.1, 0.15) is 21.7 Å². The number of carbonyl (C=O) groups is 1. The standard InChI is InChI=1S/C13H15N3O2/c1-8-9(2)16(7-15-8)11-6-4-5-10(12(11)14)13(17)18-3/h4-7H,14H2,1-3H3. The van der Waals surface area contributed by atoms with Crippen molar-refractivity contribution in [2.24, 2.45) is 0 Å². The predicted octanol–water partition coefficient (Wildman–Crippen LogP) is 1.86. The number of benzene rings is 1. The second-order valence-electron chi connectivity index (χ2n) is 4.02. The van der Waals surface area contributed by atoms with Gasteiger partial charge in [-0.05, 0) is 26.0 Å². The van der Waals surface area contributed by atoms with E-state index in [1.165, 1.54) is 7.11 Å². The molecule has 1 aromatic carbocycles. The first-order valence-corrected chi connectivity index (χ1v) is 5.54. The minimum absolute atomic E-state index is 0.362. The van der Waals surface area contributed by atoms with Gasteiger partial charge in [-0.1, -0.05) is 6.07 Å². The molecular formula is C13H15N3O2. The molecule has 1 heterocycles. The molecule has 2 rings (SSSR count). The Bertz CT molecular complexity index is 602. The van der Waals surface area contributed by atoms with Gasteiger partial charge in [0.1, 0.15) is 0 Å². The number of hydrogen-bond donors (Lipinski definition) is 1. The summed E-state index contributed by atoms with van der Waals surface area (Å²) in [5.74, 6) is -0.441. The smallest absolute Gasteiger partial charge is 0.340 e. The van der Waals surface area contributed by atoms with E-state index in [1.807, 2.05) is 24.5 Å². The Morgan fingerprint density at radius 2 is 2.11 bits per heavy atom. The summed E-state index contributed by atoms with van der Waals surface area (Å²) in [5.41, 5.74) is 9.43. The first kappa shape index (κ1) is 12.2. The zero-order valence-electron chi connectivity index (χ0n) is 10.6. The molecule has 5 heteroatoms. The van der Waals surface area contributed by atoms with Gasteiger partial charge in [0.05, 0.1) is 36.1 Å². The summed E-state index contributed by atoms with van der Waals surface area (Å²) in [6.07, 6.45) is 1.69. The van der Waals surface area contributed by atoms with Crippen LogP contribution in [0.15, 0.2) is 24.5 Å². The highest BCUT2D eigenvalue weighted by Gasteiger charge is 2.15. The van der Waals surface area contributed by atoms with Crippen molar-refractivity contribution in [3.8, 4) is 5.69 Å². The molecule has 0 saturated carbocycles. The fourth-order valence-electron chi connectivity index (χ4n) is 1.79. The van der Waals surface area contributed by atoms with E-state index in [4.69, 9.17) is 10.5 Å². The zero-order valence-corrected chi connectivity index (χ0v) is 10.6. The minimum atomic E-state index is -0.441. The Morgan fingerprint density at radius 1 is 1.39 bits per heavy atom. The molecule has 0 radical (unpaired) electrons. The van der Waals surface area contributed by atoms with Gasteiger partial charge in [0, 0.05) is 5.69 Å². The molecule has 2 aromatic rings. The number of para-hydroxylation sites is 1. The van der Waals surface area contributed by atoms with Crippen molar-refractivity contribution in [2.75, 3.05) is 12.8 Å². The summed E-state index contributed by atoms with van der Waals surface area (Å²) in [7, 11) is 1.33. The first-order valence-electron chi connectivity index (χ1n) is 5.54. The number of ether oxygens (including phenoxy) is 1. The first-order chi connectivity index (χ1) is 8.56. The van der Waals surface area contributed by atoms with E-state index in [9.17, 15) is 4.79 Å². The normalized spacial score (nSPS) is 10.4. The SMILES string of the molecule is COC(=O)c1cccc(-n2cnc(C)c2C)c1N. The largest absolute Gasteiger partial charge is 0.465 e. The summed E-state index contributed by atoms with van der Waals surface area (Å²) in [4.78, 5) is 15.8. The number of rotatable bonds is 2. The lowest BCUT2D eigenvalue weighted by Gasteiger charge is -2.11. The lowest BCUT2D eigenvalue weighted by atomic mass is 10.1. The average molecular weight is 245 g/mol. The maximum Gasteiger partial charge on any atom is 0.340 e. The van der Waals surface area contributed by atoms with Crippen LogP contribution in [0, 0.1) is 13.8 Å². The summed E-state index contributed by atoms with van der Waals surface area (Å²) in [6.45, 7) is 3.87. The maximum atomic E-state index is 11.6. The molecule has 0 fully saturated rings. The second kappa shape index (κ2) is 4.52. The predicted molar refractivity (Wildman–Crippen MR) is 68.8 cm³/mol. The number of aromatic nitrogens is 2. The number of imidazole rings is 1. The van der Waals surface area contributed by atoms with Crippen molar-refractivity contribution in [1.29, 1.82) is 0 Å². The maximum absolute atomic E-state index is 11.6. The van der Waals surface area contributed by atoms with Crippen LogP contribution in [0.4, 0.5) is 5.69 Å². The molecular weight excluding hydrogens is 230 g/mol. The van der Waals surface area contributed by atoms with Gasteiger partial charge >= 0.3 is 5.97 Å². The van der Waals surface area contributed by atoms with E-state index in [0.717, 1.165) is 17.1 Å². The number of nitrogen functional groups attached to an aromatic ring is 1. The summed E-state index contributed by atoms with van der Waals surface area (Å²) < 4.78 is 6.56. The molecule has 18 heavy (non-hydrogen) atoms. The molecule has 1 aromatic heterocycles. The van der Waals surface area contributed by atoms with Gasteiger partial charge in [0.2, 0.25) is 0 Å². The Balaban J connectivity index is 2.59. The number of anilines is 1. The van der Waals surface area contributed by atoms with Crippen molar-refractivity contribution in [3.05, 3.63) is 41.5 Å². The molecule has 2 N–H and O–H groups in total. The molecule has 0 atom stereocenters. The second-order valence-corrected chi connectivity index (χ2v) is 4.02. The lowest BCUT2D eigenvalue weighted by Crippen LogP contribution is -2.09. The summed E-state index contributed by atoms with van der Waals surface area (Å²) in [5, 5.41) is 0. The van der Waals surface area contributed by atoms with Crippen molar-refractivity contribution in [3.63, 3.8) is 0 Å². The van der Waals surface area contributed by atoms with E-state index in [2.05, 4.69) is 4.98 Å². The fraction of sp³-hybridized carbons (Fsp3) is 0.231. The number of esters is 1. The monoisotopic (exact) mass is 245 g/mol. The third-order valence-corrected chi connectivity index (χ3v) is 3.00. The zero-order chi connectivity index (χ0) is 13.3. The van der Waals surface area contributed by atoms with Crippen LogP contribution in [0.2, 0.25) is 0 Å². The highest BCUT2D eigenvalue weighted by Crippen LogP contribution is 2.24. The van der Waals surface area contributed by atoms with Crippen molar-refractivity contribution in [2.45, 2.75) is 13.8 Å². The van der Waals surface area contributed by atoms with Crippen LogP contribution in [0.5, 0.6) is 0 Å². The molecule has 0 aliphatic heterocycles. The fourth-order valence-corrected chi connectivity index (χ4v) is 1.79. The molecule has 0 spiro atoms. The minimum Gasteiger partial charge on any atom is -0.465 e. The highest BCUT2D eigenvalue weighted by molar-refractivity contribution is 5.97. The number of carbonyl (C=O) groups excluding carboxylic acids is 1. The van der Waals surface area contributed by atoms with Gasteiger partial charge in [-0.3, -0.25) is 0 Å². The summed E-state index contributed by atoms with van der Waals surface area (Å²) in [6, 6.07) is 5.26. The lowest BCUT2D eigenvalue weighted by molar-refractivity contribution is 0.0602. The van der Waals surface area contributed by atoms with E-state index in [-0.39, 0.29) is 0 Å². The number of aryl methyl sites for hydroxylation is 1. The molecule has 0 aliphatic carbocycles. The van der Waals surface area contributed by atoms with E-state index >= 15 is 0 Å². The quantitative estimate of drug-likeness (QED) is 0.647. The van der Waals surface area contributed by atoms with Crippen LogP contribution in [0.3, 0.4) is 0 Å².